The first-order chi connectivity index (χ1) is 8.08. The van der Waals surface area contributed by atoms with E-state index in [2.05, 4.69) is 32.9 Å². The first-order valence-corrected chi connectivity index (χ1v) is 5.89. The van der Waals surface area contributed by atoms with Crippen LogP contribution in [0.1, 0.15) is 16.1 Å². The van der Waals surface area contributed by atoms with Crippen LogP contribution in [0.25, 0.3) is 0 Å². The molecule has 1 amide bonds. The number of hydrogen-bond acceptors (Lipinski definition) is 4. The molecule has 1 heterocycles. The van der Waals surface area contributed by atoms with Crippen LogP contribution in [0.2, 0.25) is 0 Å². The Morgan fingerprint density at radius 1 is 1.47 bits per heavy atom. The molecule has 2 aromatic rings. The Labute approximate surface area is 111 Å². The highest BCUT2D eigenvalue weighted by molar-refractivity contribution is 14.1. The number of hydrogen-bond donors (Lipinski definition) is 2. The molecule has 2 rings (SSSR count). The number of benzene rings is 1. The van der Waals surface area contributed by atoms with E-state index < -0.39 is 5.91 Å². The summed E-state index contributed by atoms with van der Waals surface area (Å²) in [6.07, 6.45) is 0. The van der Waals surface area contributed by atoms with Crippen molar-refractivity contribution >= 4 is 34.3 Å². The van der Waals surface area contributed by atoms with E-state index in [0.717, 1.165) is 9.13 Å². The summed E-state index contributed by atoms with van der Waals surface area (Å²) in [4.78, 5) is 11.0. The van der Waals surface area contributed by atoms with Gasteiger partial charge >= 0.3 is 0 Å². The van der Waals surface area contributed by atoms with Gasteiger partial charge in [0.25, 0.3) is 5.91 Å². The molecule has 0 fully saturated rings. The Morgan fingerprint density at radius 2 is 2.24 bits per heavy atom. The zero-order valence-corrected chi connectivity index (χ0v) is 11.0. The minimum Gasteiger partial charge on any atom is -0.382 e. The standard InChI is InChI=1S/C10H10IN5O/c11-7-3-1-2-6(4-7)5-16-9(12)8(10(13)17)14-15-16/h1-4H,5,12H2,(H2,13,17). The topological polar surface area (TPSA) is 99.8 Å². The molecule has 0 aliphatic heterocycles. The van der Waals surface area contributed by atoms with Crippen LogP contribution in [0.15, 0.2) is 24.3 Å². The summed E-state index contributed by atoms with van der Waals surface area (Å²) in [5, 5.41) is 7.45. The van der Waals surface area contributed by atoms with Crippen molar-refractivity contribution < 1.29 is 4.79 Å². The quantitative estimate of drug-likeness (QED) is 0.798. The summed E-state index contributed by atoms with van der Waals surface area (Å²) in [6, 6.07) is 7.89. The lowest BCUT2D eigenvalue weighted by molar-refractivity contribution is 0.0996. The molecular weight excluding hydrogens is 333 g/mol. The van der Waals surface area contributed by atoms with Gasteiger partial charge in [0.2, 0.25) is 0 Å². The zero-order chi connectivity index (χ0) is 12.4. The predicted octanol–water partition coefficient (Wildman–Crippen LogP) is 0.612. The van der Waals surface area contributed by atoms with Gasteiger partial charge in [-0.25, -0.2) is 4.68 Å². The molecule has 0 saturated carbocycles. The number of nitrogen functional groups attached to an aromatic ring is 1. The van der Waals surface area contributed by atoms with E-state index in [1.807, 2.05) is 24.3 Å². The lowest BCUT2D eigenvalue weighted by atomic mass is 10.2. The first-order valence-electron chi connectivity index (χ1n) is 4.81. The number of nitrogens with zero attached hydrogens (tertiary/aromatic N) is 3. The maximum Gasteiger partial charge on any atom is 0.273 e. The maximum atomic E-state index is 11.0. The molecule has 1 aromatic heterocycles. The monoisotopic (exact) mass is 343 g/mol. The van der Waals surface area contributed by atoms with Crippen LogP contribution in [0, 0.1) is 3.57 Å². The van der Waals surface area contributed by atoms with E-state index in [4.69, 9.17) is 11.5 Å². The van der Waals surface area contributed by atoms with Crippen LogP contribution < -0.4 is 11.5 Å². The van der Waals surface area contributed by atoms with E-state index in [1.165, 1.54) is 4.68 Å². The molecule has 88 valence electrons. The van der Waals surface area contributed by atoms with Crippen LogP contribution in [-0.4, -0.2) is 20.9 Å². The molecule has 4 N–H and O–H groups in total. The van der Waals surface area contributed by atoms with Crippen molar-refractivity contribution in [2.24, 2.45) is 5.73 Å². The van der Waals surface area contributed by atoms with Crippen molar-refractivity contribution in [1.82, 2.24) is 15.0 Å². The van der Waals surface area contributed by atoms with E-state index in [9.17, 15) is 4.79 Å². The van der Waals surface area contributed by atoms with Gasteiger partial charge in [-0.15, -0.1) is 5.10 Å². The van der Waals surface area contributed by atoms with Crippen LogP contribution >= 0.6 is 22.6 Å². The highest BCUT2D eigenvalue weighted by Gasteiger charge is 2.14. The molecular formula is C10H10IN5O. The number of carbonyl (C=O) groups is 1. The molecule has 0 bridgehead atoms. The average molecular weight is 343 g/mol. The third kappa shape index (κ3) is 2.54. The smallest absolute Gasteiger partial charge is 0.273 e. The lowest BCUT2D eigenvalue weighted by Gasteiger charge is -2.03. The van der Waals surface area contributed by atoms with E-state index in [0.29, 0.717) is 6.54 Å². The minimum absolute atomic E-state index is 0.00984. The van der Waals surface area contributed by atoms with Crippen molar-refractivity contribution in [3.63, 3.8) is 0 Å². The van der Waals surface area contributed by atoms with Crippen molar-refractivity contribution in [1.29, 1.82) is 0 Å². The third-order valence-corrected chi connectivity index (χ3v) is 2.90. The van der Waals surface area contributed by atoms with Gasteiger partial charge in [0, 0.05) is 3.57 Å². The summed E-state index contributed by atoms with van der Waals surface area (Å²) in [5.74, 6) is -0.479. The molecule has 0 spiro atoms. The Morgan fingerprint density at radius 3 is 2.82 bits per heavy atom. The minimum atomic E-state index is -0.670. The van der Waals surface area contributed by atoms with Gasteiger partial charge in [-0.05, 0) is 40.3 Å². The highest BCUT2D eigenvalue weighted by atomic mass is 127. The largest absolute Gasteiger partial charge is 0.382 e. The Bertz CT molecular complexity index is 566. The zero-order valence-electron chi connectivity index (χ0n) is 8.80. The van der Waals surface area contributed by atoms with E-state index >= 15 is 0 Å². The molecule has 0 saturated heterocycles. The third-order valence-electron chi connectivity index (χ3n) is 2.23. The molecule has 1 aromatic carbocycles. The van der Waals surface area contributed by atoms with Crippen molar-refractivity contribution in [2.75, 3.05) is 5.73 Å². The number of nitrogens with two attached hydrogens (primary N) is 2. The number of carbonyl (C=O) groups excluding carboxylic acids is 1. The SMILES string of the molecule is NC(=O)c1nnn(Cc2cccc(I)c2)c1N. The second kappa shape index (κ2) is 4.70. The molecule has 0 radical (unpaired) electrons. The normalized spacial score (nSPS) is 10.4. The summed E-state index contributed by atoms with van der Waals surface area (Å²) in [5.41, 5.74) is 11.9. The molecule has 0 aliphatic carbocycles. The highest BCUT2D eigenvalue weighted by Crippen LogP contribution is 2.12. The van der Waals surface area contributed by atoms with Gasteiger partial charge in [-0.2, -0.15) is 0 Å². The van der Waals surface area contributed by atoms with Crippen molar-refractivity contribution in [3.05, 3.63) is 39.1 Å². The maximum absolute atomic E-state index is 11.0. The molecule has 0 aliphatic rings. The van der Waals surface area contributed by atoms with Crippen LogP contribution in [-0.2, 0) is 6.54 Å². The van der Waals surface area contributed by atoms with E-state index in [1.54, 1.807) is 0 Å². The summed E-state index contributed by atoms with van der Waals surface area (Å²) in [7, 11) is 0. The summed E-state index contributed by atoms with van der Waals surface area (Å²) >= 11 is 2.22. The van der Waals surface area contributed by atoms with Gasteiger partial charge in [0.1, 0.15) is 0 Å². The average Bonchev–Trinajstić information content (AvgIpc) is 2.61. The Hall–Kier alpha value is -1.64. The van der Waals surface area contributed by atoms with Gasteiger partial charge < -0.3 is 11.5 Å². The van der Waals surface area contributed by atoms with Gasteiger partial charge in [0.15, 0.2) is 11.5 Å². The molecule has 7 heteroatoms. The van der Waals surface area contributed by atoms with E-state index in [-0.39, 0.29) is 11.5 Å². The fourth-order valence-corrected chi connectivity index (χ4v) is 2.03. The molecule has 6 nitrogen and oxygen atoms in total. The van der Waals surface area contributed by atoms with Gasteiger partial charge in [-0.3, -0.25) is 4.79 Å². The fraction of sp³-hybridized carbons (Fsp3) is 0.100. The number of anilines is 1. The van der Waals surface area contributed by atoms with Crippen LogP contribution in [0.5, 0.6) is 0 Å². The second-order valence-corrected chi connectivity index (χ2v) is 4.72. The van der Waals surface area contributed by atoms with Crippen molar-refractivity contribution in [3.8, 4) is 0 Å². The number of halogens is 1. The van der Waals surface area contributed by atoms with Crippen molar-refractivity contribution in [2.45, 2.75) is 6.54 Å². The number of aromatic nitrogens is 3. The van der Waals surface area contributed by atoms with Crippen LogP contribution in [0.4, 0.5) is 5.82 Å². The van der Waals surface area contributed by atoms with Gasteiger partial charge in [0.05, 0.1) is 6.54 Å². The summed E-state index contributed by atoms with van der Waals surface area (Å²) in [6.45, 7) is 0.461. The first kappa shape index (κ1) is 11.8. The molecule has 0 atom stereocenters. The fourth-order valence-electron chi connectivity index (χ4n) is 1.42. The molecule has 0 unspecified atom stereocenters. The predicted molar refractivity (Wildman–Crippen MR) is 71.2 cm³/mol. The summed E-state index contributed by atoms with van der Waals surface area (Å²) < 4.78 is 2.57. The van der Waals surface area contributed by atoms with Gasteiger partial charge in [-0.1, -0.05) is 17.3 Å². The van der Waals surface area contributed by atoms with Crippen LogP contribution in [0.3, 0.4) is 0 Å². The Kier molecular flexibility index (Phi) is 3.27. The number of primary amides is 1. The number of rotatable bonds is 3. The lowest BCUT2D eigenvalue weighted by Crippen LogP contribution is -2.14. The molecule has 17 heavy (non-hydrogen) atoms. The number of amides is 1. The second-order valence-electron chi connectivity index (χ2n) is 3.48. The Balaban J connectivity index is 2.28.